The van der Waals surface area contributed by atoms with E-state index < -0.39 is 0 Å². The fourth-order valence-electron chi connectivity index (χ4n) is 3.05. The van der Waals surface area contributed by atoms with Gasteiger partial charge in [0.25, 0.3) is 0 Å². The monoisotopic (exact) mass is 286 g/mol. The van der Waals surface area contributed by atoms with Crippen LogP contribution in [-0.2, 0) is 26.1 Å². The summed E-state index contributed by atoms with van der Waals surface area (Å²) in [5, 5.41) is 3.68. The Morgan fingerprint density at radius 2 is 1.85 bits per heavy atom. The molecule has 2 aromatic rings. The first kappa shape index (κ1) is 12.1. The summed E-state index contributed by atoms with van der Waals surface area (Å²) in [6, 6.07) is 8.56. The van der Waals surface area contributed by atoms with Gasteiger partial charge in [0.05, 0.1) is 5.69 Å². The summed E-state index contributed by atoms with van der Waals surface area (Å²) in [4.78, 5) is 11.2. The van der Waals surface area contributed by atoms with Crippen LogP contribution in [0.1, 0.15) is 22.4 Å². The Balaban J connectivity index is 1.75. The summed E-state index contributed by atoms with van der Waals surface area (Å²) >= 11 is 6.09. The van der Waals surface area contributed by atoms with Crippen LogP contribution < -0.4 is 10.2 Å². The number of fused-ring (bicyclic) bond motifs is 2. The normalized spacial score (nSPS) is 16.9. The minimum absolute atomic E-state index is 0.346. The number of hydrogen-bond donors (Lipinski definition) is 1. The van der Waals surface area contributed by atoms with Crippen molar-refractivity contribution in [3.8, 4) is 0 Å². The van der Waals surface area contributed by atoms with Gasteiger partial charge in [0.15, 0.2) is 0 Å². The molecular weight excluding hydrogens is 272 g/mol. The van der Waals surface area contributed by atoms with Gasteiger partial charge in [-0.05, 0) is 35.7 Å². The number of halogens is 1. The predicted molar refractivity (Wildman–Crippen MR) is 78.8 cm³/mol. The topological polar surface area (TPSA) is 41.1 Å². The SMILES string of the molecule is Clc1nc2c(c(N3Cc4ccccc4C3)n1)CCNC2. The Morgan fingerprint density at radius 1 is 1.10 bits per heavy atom. The molecule has 0 spiro atoms. The average Bonchev–Trinajstić information content (AvgIpc) is 2.90. The summed E-state index contributed by atoms with van der Waals surface area (Å²) in [5.74, 6) is 1.01. The molecule has 4 rings (SSSR count). The Bertz CT molecular complexity index is 646. The van der Waals surface area contributed by atoms with Crippen molar-refractivity contribution in [2.24, 2.45) is 0 Å². The second kappa shape index (κ2) is 4.72. The highest BCUT2D eigenvalue weighted by atomic mass is 35.5. The Morgan fingerprint density at radius 3 is 2.60 bits per heavy atom. The van der Waals surface area contributed by atoms with Gasteiger partial charge in [0.1, 0.15) is 5.82 Å². The second-order valence-corrected chi connectivity index (χ2v) is 5.63. The zero-order valence-corrected chi connectivity index (χ0v) is 11.8. The van der Waals surface area contributed by atoms with Crippen molar-refractivity contribution in [1.29, 1.82) is 0 Å². The molecule has 0 unspecified atom stereocenters. The van der Waals surface area contributed by atoms with Crippen LogP contribution in [0.3, 0.4) is 0 Å². The van der Waals surface area contributed by atoms with Crippen molar-refractivity contribution < 1.29 is 0 Å². The van der Waals surface area contributed by atoms with E-state index in [1.165, 1.54) is 16.7 Å². The fraction of sp³-hybridized carbons (Fsp3) is 0.333. The van der Waals surface area contributed by atoms with Crippen molar-refractivity contribution in [3.63, 3.8) is 0 Å². The number of nitrogens with zero attached hydrogens (tertiary/aromatic N) is 3. The summed E-state index contributed by atoms with van der Waals surface area (Å²) in [6.07, 6.45) is 0.967. The maximum Gasteiger partial charge on any atom is 0.224 e. The van der Waals surface area contributed by atoms with Crippen LogP contribution in [0, 0.1) is 0 Å². The van der Waals surface area contributed by atoms with E-state index >= 15 is 0 Å². The van der Waals surface area contributed by atoms with Crippen molar-refractivity contribution >= 4 is 17.4 Å². The van der Waals surface area contributed by atoms with Crippen LogP contribution in [0.15, 0.2) is 24.3 Å². The predicted octanol–water partition coefficient (Wildman–Crippen LogP) is 2.30. The fourth-order valence-corrected chi connectivity index (χ4v) is 3.24. The minimum atomic E-state index is 0.346. The third kappa shape index (κ3) is 1.96. The lowest BCUT2D eigenvalue weighted by Crippen LogP contribution is -2.28. The van der Waals surface area contributed by atoms with Crippen LogP contribution in [-0.4, -0.2) is 16.5 Å². The van der Waals surface area contributed by atoms with Gasteiger partial charge in [-0.3, -0.25) is 0 Å². The number of nitrogens with one attached hydrogen (secondary N) is 1. The number of benzene rings is 1. The molecule has 102 valence electrons. The van der Waals surface area contributed by atoms with Crippen LogP contribution in [0.2, 0.25) is 5.28 Å². The van der Waals surface area contributed by atoms with E-state index in [9.17, 15) is 0 Å². The van der Waals surface area contributed by atoms with E-state index in [2.05, 4.69) is 44.5 Å². The van der Waals surface area contributed by atoms with E-state index in [4.69, 9.17) is 11.6 Å². The van der Waals surface area contributed by atoms with Gasteiger partial charge in [0, 0.05) is 25.2 Å². The van der Waals surface area contributed by atoms with Crippen LogP contribution >= 0.6 is 11.6 Å². The molecule has 1 aromatic carbocycles. The van der Waals surface area contributed by atoms with E-state index in [1.54, 1.807) is 0 Å². The summed E-state index contributed by atoms with van der Waals surface area (Å²) in [6.45, 7) is 3.57. The average molecular weight is 287 g/mol. The summed E-state index contributed by atoms with van der Waals surface area (Å²) in [5.41, 5.74) is 5.05. The molecule has 2 aliphatic heterocycles. The molecule has 0 aliphatic carbocycles. The maximum absolute atomic E-state index is 6.09. The molecule has 0 radical (unpaired) electrons. The first-order chi connectivity index (χ1) is 9.81. The molecule has 0 saturated carbocycles. The van der Waals surface area contributed by atoms with Crippen molar-refractivity contribution in [1.82, 2.24) is 15.3 Å². The molecule has 1 N–H and O–H groups in total. The highest BCUT2D eigenvalue weighted by Gasteiger charge is 2.25. The van der Waals surface area contributed by atoms with Gasteiger partial charge in [-0.1, -0.05) is 24.3 Å². The highest BCUT2D eigenvalue weighted by Crippen LogP contribution is 2.32. The molecule has 5 heteroatoms. The van der Waals surface area contributed by atoms with E-state index in [1.807, 2.05) is 0 Å². The number of aromatic nitrogens is 2. The third-order valence-electron chi connectivity index (χ3n) is 4.03. The largest absolute Gasteiger partial charge is 0.348 e. The van der Waals surface area contributed by atoms with Gasteiger partial charge >= 0.3 is 0 Å². The number of rotatable bonds is 1. The standard InChI is InChI=1S/C15H15ClN4/c16-15-18-13-7-17-6-5-12(13)14(19-15)20-8-10-3-1-2-4-11(10)9-20/h1-4,17H,5-9H2. The Hall–Kier alpha value is -1.65. The second-order valence-electron chi connectivity index (χ2n) is 5.29. The number of hydrogen-bond acceptors (Lipinski definition) is 4. The first-order valence-corrected chi connectivity index (χ1v) is 7.27. The lowest BCUT2D eigenvalue weighted by atomic mass is 10.1. The molecule has 4 nitrogen and oxygen atoms in total. The third-order valence-corrected chi connectivity index (χ3v) is 4.20. The van der Waals surface area contributed by atoms with Crippen LogP contribution in [0.25, 0.3) is 0 Å². The molecule has 0 amide bonds. The van der Waals surface area contributed by atoms with Gasteiger partial charge in [-0.15, -0.1) is 0 Å². The molecular formula is C15H15ClN4. The summed E-state index contributed by atoms with van der Waals surface area (Å²) < 4.78 is 0. The van der Waals surface area contributed by atoms with Gasteiger partial charge in [-0.2, -0.15) is 0 Å². The van der Waals surface area contributed by atoms with Gasteiger partial charge in [0.2, 0.25) is 5.28 Å². The zero-order chi connectivity index (χ0) is 13.5. The highest BCUT2D eigenvalue weighted by molar-refractivity contribution is 6.28. The van der Waals surface area contributed by atoms with Crippen molar-refractivity contribution in [2.75, 3.05) is 11.4 Å². The quantitative estimate of drug-likeness (QED) is 0.817. The molecule has 20 heavy (non-hydrogen) atoms. The first-order valence-electron chi connectivity index (χ1n) is 6.89. The molecule has 0 atom stereocenters. The maximum atomic E-state index is 6.09. The molecule has 1 aromatic heterocycles. The lowest BCUT2D eigenvalue weighted by molar-refractivity contribution is 0.619. The lowest BCUT2D eigenvalue weighted by Gasteiger charge is -2.24. The van der Waals surface area contributed by atoms with Gasteiger partial charge in [-0.25, -0.2) is 9.97 Å². The van der Waals surface area contributed by atoms with Gasteiger partial charge < -0.3 is 10.2 Å². The van der Waals surface area contributed by atoms with Crippen molar-refractivity contribution in [3.05, 3.63) is 51.9 Å². The number of anilines is 1. The van der Waals surface area contributed by atoms with Crippen LogP contribution in [0.4, 0.5) is 5.82 Å². The van der Waals surface area contributed by atoms with E-state index in [-0.39, 0.29) is 0 Å². The molecule has 0 saturated heterocycles. The molecule has 0 fully saturated rings. The van der Waals surface area contributed by atoms with E-state index in [0.29, 0.717) is 5.28 Å². The zero-order valence-electron chi connectivity index (χ0n) is 11.1. The van der Waals surface area contributed by atoms with Crippen molar-refractivity contribution in [2.45, 2.75) is 26.1 Å². The van der Waals surface area contributed by atoms with E-state index in [0.717, 1.165) is 44.1 Å². The smallest absolute Gasteiger partial charge is 0.224 e. The summed E-state index contributed by atoms with van der Waals surface area (Å²) in [7, 11) is 0. The molecule has 3 heterocycles. The Kier molecular flexibility index (Phi) is 2.86. The minimum Gasteiger partial charge on any atom is -0.348 e. The molecule has 2 aliphatic rings. The van der Waals surface area contributed by atoms with Crippen LogP contribution in [0.5, 0.6) is 0 Å². The molecule has 0 bridgehead atoms. The Labute approximate surface area is 122 Å².